The van der Waals surface area contributed by atoms with Crippen molar-refractivity contribution >= 4 is 11.2 Å². The lowest BCUT2D eigenvalue weighted by Gasteiger charge is -2.14. The number of nitrogens with zero attached hydrogens (tertiary/aromatic N) is 4. The van der Waals surface area contributed by atoms with Crippen LogP contribution in [0.25, 0.3) is 22.6 Å². The molecule has 13 heteroatoms. The molecule has 2 aromatic heterocycles. The van der Waals surface area contributed by atoms with Crippen LogP contribution in [0.2, 0.25) is 0 Å². The van der Waals surface area contributed by atoms with Gasteiger partial charge in [0.25, 0.3) is 5.56 Å². The summed E-state index contributed by atoms with van der Waals surface area (Å²) in [6.07, 6.45) is -9.16. The molecule has 0 atom stereocenters. The van der Waals surface area contributed by atoms with Gasteiger partial charge in [0.1, 0.15) is 11.6 Å². The Morgan fingerprint density at radius 1 is 0.574 bits per heavy atom. The lowest BCUT2D eigenvalue weighted by Crippen LogP contribution is -2.41. The van der Waals surface area contributed by atoms with Gasteiger partial charge in [-0.05, 0) is 65.2 Å². The molecule has 6 rings (SSSR count). The zero-order valence-corrected chi connectivity index (χ0v) is 24.3. The highest BCUT2D eigenvalue weighted by Gasteiger charge is 2.31. The van der Waals surface area contributed by atoms with Gasteiger partial charge in [0.05, 0.1) is 24.2 Å². The molecular weight excluding hydrogens is 626 g/mol. The number of fused-ring (bicyclic) bond motifs is 1. The van der Waals surface area contributed by atoms with Gasteiger partial charge in [0.15, 0.2) is 11.2 Å². The Kier molecular flexibility index (Phi) is 8.00. The van der Waals surface area contributed by atoms with E-state index in [1.54, 1.807) is 28.8 Å². The molecule has 47 heavy (non-hydrogen) atoms. The van der Waals surface area contributed by atoms with Gasteiger partial charge in [-0.3, -0.25) is 13.9 Å². The number of imidazole rings is 1. The Hall–Kier alpha value is -5.59. The van der Waals surface area contributed by atoms with Crippen LogP contribution in [0, 0.1) is 0 Å². The molecular formula is C34H24F6N4O3. The van der Waals surface area contributed by atoms with Crippen molar-refractivity contribution in [2.75, 3.05) is 0 Å². The van der Waals surface area contributed by atoms with Crippen molar-refractivity contribution in [1.82, 2.24) is 18.7 Å². The van der Waals surface area contributed by atoms with Crippen molar-refractivity contribution in [1.29, 1.82) is 0 Å². The van der Waals surface area contributed by atoms with E-state index in [0.29, 0.717) is 11.1 Å². The van der Waals surface area contributed by atoms with E-state index < -0.39 is 34.7 Å². The third kappa shape index (κ3) is 6.41. The van der Waals surface area contributed by atoms with Gasteiger partial charge >= 0.3 is 18.0 Å². The first kappa shape index (κ1) is 31.4. The van der Waals surface area contributed by atoms with Crippen LogP contribution in [-0.4, -0.2) is 23.8 Å². The highest BCUT2D eigenvalue weighted by molar-refractivity contribution is 5.77. The lowest BCUT2D eigenvalue weighted by atomic mass is 10.1. The first-order valence-corrected chi connectivity index (χ1v) is 14.2. The molecule has 0 unspecified atom stereocenters. The molecule has 0 saturated heterocycles. The lowest BCUT2D eigenvalue weighted by molar-refractivity contribution is -0.138. The van der Waals surface area contributed by atoms with Crippen LogP contribution >= 0.6 is 0 Å². The minimum Gasteiger partial charge on any atom is -0.508 e. The summed E-state index contributed by atoms with van der Waals surface area (Å²) in [6.45, 7) is -0.524. The fourth-order valence-corrected chi connectivity index (χ4v) is 5.29. The second-order valence-electron chi connectivity index (χ2n) is 10.9. The van der Waals surface area contributed by atoms with E-state index >= 15 is 0 Å². The van der Waals surface area contributed by atoms with E-state index in [1.807, 2.05) is 18.2 Å². The maximum Gasteiger partial charge on any atom is 0.416 e. The van der Waals surface area contributed by atoms with Gasteiger partial charge in [-0.15, -0.1) is 0 Å². The van der Waals surface area contributed by atoms with Crippen molar-refractivity contribution in [2.24, 2.45) is 0 Å². The second-order valence-corrected chi connectivity index (χ2v) is 10.9. The summed E-state index contributed by atoms with van der Waals surface area (Å²) in [6, 6.07) is 23.3. The van der Waals surface area contributed by atoms with Crippen LogP contribution in [0.15, 0.2) is 113 Å². The van der Waals surface area contributed by atoms with Gasteiger partial charge in [0.2, 0.25) is 0 Å². The first-order chi connectivity index (χ1) is 22.3. The minimum absolute atomic E-state index is 0.00430. The molecule has 0 spiro atoms. The van der Waals surface area contributed by atoms with Crippen molar-refractivity contribution < 1.29 is 31.4 Å². The number of hydrogen-bond acceptors (Lipinski definition) is 4. The predicted octanol–water partition coefficient (Wildman–Crippen LogP) is 6.91. The molecule has 0 bridgehead atoms. The number of rotatable bonds is 7. The Morgan fingerprint density at radius 2 is 1.04 bits per heavy atom. The van der Waals surface area contributed by atoms with Crippen molar-refractivity contribution in [3.05, 3.63) is 152 Å². The average Bonchev–Trinajstić information content (AvgIpc) is 3.40. The highest BCUT2D eigenvalue weighted by atomic mass is 19.4. The number of phenols is 1. The molecule has 0 aliphatic carbocycles. The summed E-state index contributed by atoms with van der Waals surface area (Å²) in [7, 11) is 0. The molecule has 240 valence electrons. The summed E-state index contributed by atoms with van der Waals surface area (Å²) in [5.74, 6) is 0.256. The molecule has 2 heterocycles. The van der Waals surface area contributed by atoms with Crippen LogP contribution in [0.5, 0.6) is 5.75 Å². The Labute approximate surface area is 262 Å². The molecule has 1 N–H and O–H groups in total. The summed E-state index contributed by atoms with van der Waals surface area (Å²) in [5.41, 5.74) is -1.62. The minimum atomic E-state index is -4.59. The third-order valence-corrected chi connectivity index (χ3v) is 7.67. The molecule has 4 aromatic carbocycles. The number of aromatic nitrogens is 4. The topological polar surface area (TPSA) is 82.1 Å². The standard InChI is InChI=1S/C34H24F6N4O3/c35-33(36,37)25-12-6-22(7-13-25)19-43-30-28(31(46)44(32(43)47)20-23-8-14-26(15-9-23)34(38,39)40)42(18-21-4-2-1-3-5-21)29(41-30)24-10-16-27(45)17-11-24/h1-17,45H,18-20H2. The Morgan fingerprint density at radius 3 is 1.55 bits per heavy atom. The summed E-state index contributed by atoms with van der Waals surface area (Å²) in [5, 5.41) is 9.89. The van der Waals surface area contributed by atoms with E-state index in [0.717, 1.165) is 39.0 Å². The van der Waals surface area contributed by atoms with Crippen molar-refractivity contribution in [3.8, 4) is 17.1 Å². The van der Waals surface area contributed by atoms with E-state index in [9.17, 15) is 41.0 Å². The van der Waals surface area contributed by atoms with Crippen molar-refractivity contribution in [3.63, 3.8) is 0 Å². The number of alkyl halides is 6. The largest absolute Gasteiger partial charge is 0.508 e. The molecule has 7 nitrogen and oxygen atoms in total. The maximum absolute atomic E-state index is 14.2. The molecule has 0 fully saturated rings. The van der Waals surface area contributed by atoms with Crippen LogP contribution in [-0.2, 0) is 32.0 Å². The van der Waals surface area contributed by atoms with Crippen LogP contribution in [0.3, 0.4) is 0 Å². The van der Waals surface area contributed by atoms with Crippen molar-refractivity contribution in [2.45, 2.75) is 32.0 Å². The average molecular weight is 651 g/mol. The highest BCUT2D eigenvalue weighted by Crippen LogP contribution is 2.31. The molecule has 0 saturated carbocycles. The summed E-state index contributed by atoms with van der Waals surface area (Å²) in [4.78, 5) is 32.9. The molecule has 0 amide bonds. The fraction of sp³-hybridized carbons (Fsp3) is 0.147. The number of aromatic hydroxyl groups is 1. The van der Waals surface area contributed by atoms with Gasteiger partial charge in [-0.2, -0.15) is 26.3 Å². The van der Waals surface area contributed by atoms with Crippen LogP contribution in [0.4, 0.5) is 26.3 Å². The smallest absolute Gasteiger partial charge is 0.416 e. The quantitative estimate of drug-likeness (QED) is 0.190. The molecule has 6 aromatic rings. The van der Waals surface area contributed by atoms with Gasteiger partial charge in [-0.25, -0.2) is 9.78 Å². The normalized spacial score (nSPS) is 12.1. The van der Waals surface area contributed by atoms with Gasteiger partial charge in [0, 0.05) is 12.1 Å². The van der Waals surface area contributed by atoms with Crippen LogP contribution in [0.1, 0.15) is 27.8 Å². The number of halogens is 6. The van der Waals surface area contributed by atoms with Crippen LogP contribution < -0.4 is 11.2 Å². The number of phenolic OH excluding ortho intramolecular Hbond substituents is 1. The monoisotopic (exact) mass is 650 g/mol. The Balaban J connectivity index is 1.59. The fourth-order valence-electron chi connectivity index (χ4n) is 5.29. The summed E-state index contributed by atoms with van der Waals surface area (Å²) < 4.78 is 82.9. The summed E-state index contributed by atoms with van der Waals surface area (Å²) >= 11 is 0. The van der Waals surface area contributed by atoms with E-state index in [4.69, 9.17) is 4.98 Å². The van der Waals surface area contributed by atoms with E-state index in [1.165, 1.54) is 36.4 Å². The van der Waals surface area contributed by atoms with Gasteiger partial charge in [-0.1, -0.05) is 54.6 Å². The molecule has 0 aliphatic rings. The molecule has 0 radical (unpaired) electrons. The number of hydrogen-bond donors (Lipinski definition) is 1. The number of benzene rings is 4. The predicted molar refractivity (Wildman–Crippen MR) is 162 cm³/mol. The maximum atomic E-state index is 14.2. The first-order valence-electron chi connectivity index (χ1n) is 14.2. The molecule has 0 aliphatic heterocycles. The Bertz CT molecular complexity index is 2170. The van der Waals surface area contributed by atoms with E-state index in [-0.39, 0.29) is 47.9 Å². The van der Waals surface area contributed by atoms with E-state index in [2.05, 4.69) is 0 Å². The third-order valence-electron chi connectivity index (χ3n) is 7.67. The van der Waals surface area contributed by atoms with Gasteiger partial charge < -0.3 is 9.67 Å². The SMILES string of the molecule is O=c1c2c(nc(-c3ccc(O)cc3)n2Cc2ccccc2)n(Cc2ccc(C(F)(F)F)cc2)c(=O)n1Cc1ccc(C(F)(F)F)cc1. The zero-order valence-electron chi connectivity index (χ0n) is 24.3. The zero-order chi connectivity index (χ0) is 33.5. The second kappa shape index (κ2) is 12.0.